The summed E-state index contributed by atoms with van der Waals surface area (Å²) in [5, 5.41) is 0. The molecule has 1 N–H and O–H groups in total. The van der Waals surface area contributed by atoms with Crippen LogP contribution in [-0.2, 0) is 0 Å². The van der Waals surface area contributed by atoms with Crippen LogP contribution >= 0.6 is 12.2 Å². The second kappa shape index (κ2) is 4.48. The number of aromatic amines is 1. The van der Waals surface area contributed by atoms with E-state index < -0.39 is 0 Å². The Kier molecular flexibility index (Phi) is 3.05. The third-order valence-electron chi connectivity index (χ3n) is 4.63. The van der Waals surface area contributed by atoms with E-state index in [1.165, 1.54) is 42.3 Å². The van der Waals surface area contributed by atoms with Crippen LogP contribution in [0.3, 0.4) is 0 Å². The SMILES string of the molecule is Cc1ccc2c(c1)[nH]c(=S)n2C1CCCCC1(C)C. The molecule has 0 aliphatic heterocycles. The van der Waals surface area contributed by atoms with Gasteiger partial charge in [0.2, 0.25) is 0 Å². The molecule has 2 aromatic rings. The lowest BCUT2D eigenvalue weighted by molar-refractivity contribution is 0.146. The first-order chi connectivity index (χ1) is 8.99. The average Bonchev–Trinajstić information content (AvgIpc) is 2.64. The van der Waals surface area contributed by atoms with Crippen molar-refractivity contribution in [3.63, 3.8) is 0 Å². The molecule has 102 valence electrons. The molecule has 0 saturated heterocycles. The summed E-state index contributed by atoms with van der Waals surface area (Å²) < 4.78 is 3.24. The van der Waals surface area contributed by atoms with E-state index in [-0.39, 0.29) is 0 Å². The molecule has 19 heavy (non-hydrogen) atoms. The van der Waals surface area contributed by atoms with Crippen LogP contribution < -0.4 is 0 Å². The van der Waals surface area contributed by atoms with Gasteiger partial charge in [0.1, 0.15) is 0 Å². The lowest BCUT2D eigenvalue weighted by Gasteiger charge is -2.39. The molecule has 0 bridgehead atoms. The zero-order chi connectivity index (χ0) is 13.6. The number of imidazole rings is 1. The highest BCUT2D eigenvalue weighted by molar-refractivity contribution is 7.71. The minimum absolute atomic E-state index is 0.330. The van der Waals surface area contributed by atoms with Gasteiger partial charge >= 0.3 is 0 Å². The number of rotatable bonds is 1. The van der Waals surface area contributed by atoms with E-state index in [9.17, 15) is 0 Å². The molecule has 0 amide bonds. The molecule has 1 atom stereocenters. The van der Waals surface area contributed by atoms with Crippen molar-refractivity contribution in [2.45, 2.75) is 52.5 Å². The van der Waals surface area contributed by atoms with Crippen molar-refractivity contribution in [3.05, 3.63) is 28.5 Å². The fourth-order valence-corrected chi connectivity index (χ4v) is 3.84. The maximum Gasteiger partial charge on any atom is 0.178 e. The molecule has 1 aliphatic carbocycles. The molecular formula is C16H22N2S. The van der Waals surface area contributed by atoms with Crippen molar-refractivity contribution in [3.8, 4) is 0 Å². The largest absolute Gasteiger partial charge is 0.331 e. The van der Waals surface area contributed by atoms with E-state index in [1.54, 1.807) is 0 Å². The number of aryl methyl sites for hydroxylation is 1. The van der Waals surface area contributed by atoms with E-state index in [4.69, 9.17) is 12.2 Å². The van der Waals surface area contributed by atoms with Crippen LogP contribution in [-0.4, -0.2) is 9.55 Å². The topological polar surface area (TPSA) is 20.7 Å². The van der Waals surface area contributed by atoms with E-state index in [0.29, 0.717) is 11.5 Å². The molecule has 1 heterocycles. The second-order valence-electron chi connectivity index (χ2n) is 6.57. The number of hydrogen-bond donors (Lipinski definition) is 1. The maximum absolute atomic E-state index is 5.59. The smallest absolute Gasteiger partial charge is 0.178 e. The number of nitrogens with zero attached hydrogens (tertiary/aromatic N) is 1. The van der Waals surface area contributed by atoms with Crippen molar-refractivity contribution < 1.29 is 0 Å². The Morgan fingerprint density at radius 2 is 2.11 bits per heavy atom. The van der Waals surface area contributed by atoms with Crippen molar-refractivity contribution >= 4 is 23.3 Å². The van der Waals surface area contributed by atoms with Crippen LogP contribution in [0.15, 0.2) is 18.2 Å². The van der Waals surface area contributed by atoms with Crippen LogP contribution in [0, 0.1) is 17.1 Å². The van der Waals surface area contributed by atoms with Crippen molar-refractivity contribution in [2.24, 2.45) is 5.41 Å². The summed E-state index contributed by atoms with van der Waals surface area (Å²) in [5.74, 6) is 0. The number of fused-ring (bicyclic) bond motifs is 1. The molecular weight excluding hydrogens is 252 g/mol. The Labute approximate surface area is 119 Å². The van der Waals surface area contributed by atoms with E-state index >= 15 is 0 Å². The number of aromatic nitrogens is 2. The zero-order valence-corrected chi connectivity index (χ0v) is 12.8. The lowest BCUT2D eigenvalue weighted by Crippen LogP contribution is -2.30. The number of H-pyrrole nitrogens is 1. The van der Waals surface area contributed by atoms with Gasteiger partial charge in [-0.25, -0.2) is 0 Å². The van der Waals surface area contributed by atoms with Crippen LogP contribution in [0.1, 0.15) is 51.1 Å². The number of hydrogen-bond acceptors (Lipinski definition) is 1. The van der Waals surface area contributed by atoms with Crippen molar-refractivity contribution in [1.29, 1.82) is 0 Å². The average molecular weight is 274 g/mol. The van der Waals surface area contributed by atoms with Crippen LogP contribution in [0.25, 0.3) is 11.0 Å². The minimum atomic E-state index is 0.330. The van der Waals surface area contributed by atoms with Gasteiger partial charge in [0, 0.05) is 6.04 Å². The van der Waals surface area contributed by atoms with Gasteiger partial charge in [-0.15, -0.1) is 0 Å². The van der Waals surface area contributed by atoms with Gasteiger partial charge in [-0.3, -0.25) is 0 Å². The van der Waals surface area contributed by atoms with E-state index in [2.05, 4.69) is 48.5 Å². The molecule has 0 spiro atoms. The predicted molar refractivity (Wildman–Crippen MR) is 83.1 cm³/mol. The van der Waals surface area contributed by atoms with Crippen LogP contribution in [0.2, 0.25) is 0 Å². The number of benzene rings is 1. The van der Waals surface area contributed by atoms with Gasteiger partial charge in [-0.05, 0) is 55.1 Å². The monoisotopic (exact) mass is 274 g/mol. The molecule has 1 aliphatic rings. The molecule has 2 nitrogen and oxygen atoms in total. The highest BCUT2D eigenvalue weighted by Crippen LogP contribution is 2.45. The van der Waals surface area contributed by atoms with Crippen LogP contribution in [0.5, 0.6) is 0 Å². The van der Waals surface area contributed by atoms with Gasteiger partial charge in [0.25, 0.3) is 0 Å². The van der Waals surface area contributed by atoms with E-state index in [0.717, 1.165) is 4.77 Å². The van der Waals surface area contributed by atoms with Crippen molar-refractivity contribution in [2.75, 3.05) is 0 Å². The summed E-state index contributed by atoms with van der Waals surface area (Å²) in [6.45, 7) is 6.88. The maximum atomic E-state index is 5.59. The highest BCUT2D eigenvalue weighted by atomic mass is 32.1. The molecule has 1 aromatic carbocycles. The molecule has 3 rings (SSSR count). The van der Waals surface area contributed by atoms with Gasteiger partial charge in [-0.2, -0.15) is 0 Å². The minimum Gasteiger partial charge on any atom is -0.331 e. The van der Waals surface area contributed by atoms with Gasteiger partial charge in [0.05, 0.1) is 11.0 Å². The predicted octanol–water partition coefficient (Wildman–Crippen LogP) is 5.15. The lowest BCUT2D eigenvalue weighted by atomic mass is 9.73. The van der Waals surface area contributed by atoms with E-state index in [1.807, 2.05) is 0 Å². The number of nitrogens with one attached hydrogen (secondary N) is 1. The summed E-state index contributed by atoms with van der Waals surface area (Å²) in [5.41, 5.74) is 4.04. The fourth-order valence-electron chi connectivity index (χ4n) is 3.51. The Balaban J connectivity index is 2.19. The summed E-state index contributed by atoms with van der Waals surface area (Å²) in [7, 11) is 0. The molecule has 1 saturated carbocycles. The second-order valence-corrected chi connectivity index (χ2v) is 6.96. The Hall–Kier alpha value is -1.09. The van der Waals surface area contributed by atoms with Gasteiger partial charge < -0.3 is 9.55 Å². The third-order valence-corrected chi connectivity index (χ3v) is 4.93. The first-order valence-corrected chi connectivity index (χ1v) is 7.61. The Morgan fingerprint density at radius 1 is 1.32 bits per heavy atom. The molecule has 0 radical (unpaired) electrons. The Morgan fingerprint density at radius 3 is 2.84 bits per heavy atom. The third kappa shape index (κ3) is 2.14. The normalized spacial score (nSPS) is 22.8. The molecule has 1 fully saturated rings. The highest BCUT2D eigenvalue weighted by Gasteiger charge is 2.34. The quantitative estimate of drug-likeness (QED) is 0.713. The summed E-state index contributed by atoms with van der Waals surface area (Å²) in [4.78, 5) is 3.38. The first-order valence-electron chi connectivity index (χ1n) is 7.20. The van der Waals surface area contributed by atoms with Gasteiger partial charge in [-0.1, -0.05) is 32.8 Å². The summed E-state index contributed by atoms with van der Waals surface area (Å²) in [6, 6.07) is 7.10. The van der Waals surface area contributed by atoms with Gasteiger partial charge in [0.15, 0.2) is 4.77 Å². The summed E-state index contributed by atoms with van der Waals surface area (Å²) in [6.07, 6.45) is 5.19. The zero-order valence-electron chi connectivity index (χ0n) is 12.0. The first kappa shape index (κ1) is 12.9. The standard InChI is InChI=1S/C16H22N2S/c1-11-7-8-13-12(10-11)17-15(19)18(13)14-6-4-5-9-16(14,2)3/h7-8,10,14H,4-6,9H2,1-3H3,(H,17,19). The Bertz CT molecular complexity index is 663. The summed E-state index contributed by atoms with van der Waals surface area (Å²) >= 11 is 5.59. The van der Waals surface area contributed by atoms with Crippen molar-refractivity contribution in [1.82, 2.24) is 9.55 Å². The molecule has 1 aromatic heterocycles. The van der Waals surface area contributed by atoms with Crippen LogP contribution in [0.4, 0.5) is 0 Å². The fraction of sp³-hybridized carbons (Fsp3) is 0.562. The molecule has 1 unspecified atom stereocenters. The molecule has 3 heteroatoms.